The first-order chi connectivity index (χ1) is 11.1. The summed E-state index contributed by atoms with van der Waals surface area (Å²) in [7, 11) is 0. The number of rotatable bonds is 6. The summed E-state index contributed by atoms with van der Waals surface area (Å²) in [5.74, 6) is -0.686. The highest BCUT2D eigenvalue weighted by Crippen LogP contribution is 2.21. The van der Waals surface area contributed by atoms with E-state index in [1.807, 2.05) is 6.92 Å². The van der Waals surface area contributed by atoms with Crippen LogP contribution in [0.25, 0.3) is 0 Å². The van der Waals surface area contributed by atoms with E-state index in [-0.39, 0.29) is 19.1 Å². The molecule has 0 unspecified atom stereocenters. The summed E-state index contributed by atoms with van der Waals surface area (Å²) in [5.41, 5.74) is -0.619. The van der Waals surface area contributed by atoms with Crippen molar-refractivity contribution in [3.05, 3.63) is 24.8 Å². The first kappa shape index (κ1) is 20.2. The largest absolute Gasteiger partial charge is 0.460 e. The number of hydrogen-bond donors (Lipinski definition) is 2. The minimum Gasteiger partial charge on any atom is -0.460 e. The SMILES string of the molecule is C=CCOC(=O)[C@@H]1O[C@H]([C@H](O)CNC(=O)OC(C)(C)C)C=C[C@@H]1C. The monoisotopic (exact) mass is 341 g/mol. The molecular weight excluding hydrogens is 314 g/mol. The Bertz CT molecular complexity index is 482. The predicted octanol–water partition coefficient (Wildman–Crippen LogP) is 1.56. The normalized spacial score (nSPS) is 24.8. The van der Waals surface area contributed by atoms with Gasteiger partial charge in [-0.05, 0) is 20.8 Å². The van der Waals surface area contributed by atoms with Crippen LogP contribution in [0.15, 0.2) is 24.8 Å². The lowest BCUT2D eigenvalue weighted by Crippen LogP contribution is -2.46. The van der Waals surface area contributed by atoms with Gasteiger partial charge in [0.15, 0.2) is 6.10 Å². The maximum absolute atomic E-state index is 12.0. The molecule has 24 heavy (non-hydrogen) atoms. The highest BCUT2D eigenvalue weighted by atomic mass is 16.6. The van der Waals surface area contributed by atoms with Crippen LogP contribution in [0.4, 0.5) is 4.79 Å². The molecule has 1 aliphatic heterocycles. The van der Waals surface area contributed by atoms with Crippen molar-refractivity contribution in [1.29, 1.82) is 0 Å². The molecule has 0 saturated carbocycles. The average Bonchev–Trinajstić information content (AvgIpc) is 2.49. The second kappa shape index (κ2) is 8.84. The number of alkyl carbamates (subject to hydrolysis) is 1. The number of carbonyl (C=O) groups is 2. The quantitative estimate of drug-likeness (QED) is 0.562. The summed E-state index contributed by atoms with van der Waals surface area (Å²) in [6, 6.07) is 0. The molecule has 0 aliphatic carbocycles. The van der Waals surface area contributed by atoms with Gasteiger partial charge in [0, 0.05) is 12.5 Å². The van der Waals surface area contributed by atoms with Gasteiger partial charge in [0.1, 0.15) is 24.4 Å². The van der Waals surface area contributed by atoms with E-state index in [9.17, 15) is 14.7 Å². The third-order valence-corrected chi connectivity index (χ3v) is 3.20. The predicted molar refractivity (Wildman–Crippen MR) is 88.4 cm³/mol. The second-order valence-corrected chi connectivity index (χ2v) is 6.63. The van der Waals surface area contributed by atoms with Gasteiger partial charge in [0.05, 0.1) is 0 Å². The van der Waals surface area contributed by atoms with E-state index in [0.717, 1.165) is 0 Å². The molecule has 0 aromatic carbocycles. The molecule has 0 aromatic rings. The van der Waals surface area contributed by atoms with Crippen LogP contribution in [-0.4, -0.2) is 54.2 Å². The first-order valence-electron chi connectivity index (χ1n) is 7.90. The fourth-order valence-corrected chi connectivity index (χ4v) is 2.05. The molecule has 4 atom stereocenters. The van der Waals surface area contributed by atoms with E-state index in [4.69, 9.17) is 14.2 Å². The van der Waals surface area contributed by atoms with Crippen molar-refractivity contribution in [2.45, 2.75) is 51.6 Å². The maximum Gasteiger partial charge on any atom is 0.407 e. The van der Waals surface area contributed by atoms with Crippen molar-refractivity contribution in [3.8, 4) is 0 Å². The standard InChI is InChI=1S/C17H27NO6/c1-6-9-22-15(20)14-11(2)7-8-13(23-14)12(19)10-18-16(21)24-17(3,4)5/h6-8,11-14,19H,1,9-10H2,2-5H3,(H,18,21)/t11-,12+,13-,14+/m0/s1. The molecule has 0 aromatic heterocycles. The molecule has 0 bridgehead atoms. The van der Waals surface area contributed by atoms with Gasteiger partial charge in [-0.25, -0.2) is 9.59 Å². The van der Waals surface area contributed by atoms with Crippen LogP contribution in [0.5, 0.6) is 0 Å². The Morgan fingerprint density at radius 2 is 2.08 bits per heavy atom. The molecule has 0 spiro atoms. The van der Waals surface area contributed by atoms with Crippen molar-refractivity contribution < 1.29 is 28.9 Å². The summed E-state index contributed by atoms with van der Waals surface area (Å²) < 4.78 is 15.7. The highest BCUT2D eigenvalue weighted by molar-refractivity contribution is 5.75. The number of amides is 1. The van der Waals surface area contributed by atoms with Gasteiger partial charge in [0.25, 0.3) is 0 Å². The van der Waals surface area contributed by atoms with Crippen molar-refractivity contribution in [2.24, 2.45) is 5.92 Å². The lowest BCUT2D eigenvalue weighted by molar-refractivity contribution is -0.166. The fraction of sp³-hybridized carbons (Fsp3) is 0.647. The average molecular weight is 341 g/mol. The van der Waals surface area contributed by atoms with Crippen molar-refractivity contribution in [3.63, 3.8) is 0 Å². The zero-order chi connectivity index (χ0) is 18.3. The van der Waals surface area contributed by atoms with E-state index in [1.54, 1.807) is 32.9 Å². The molecule has 7 nitrogen and oxygen atoms in total. The van der Waals surface area contributed by atoms with Gasteiger partial charge in [-0.15, -0.1) is 0 Å². The molecule has 0 saturated heterocycles. The molecule has 1 rings (SSSR count). The Kier molecular flexibility index (Phi) is 7.44. The Hall–Kier alpha value is -1.86. The molecule has 1 aliphatic rings. The van der Waals surface area contributed by atoms with Crippen LogP contribution >= 0.6 is 0 Å². The maximum atomic E-state index is 12.0. The van der Waals surface area contributed by atoms with Crippen LogP contribution in [0.1, 0.15) is 27.7 Å². The molecule has 0 radical (unpaired) electrons. The summed E-state index contributed by atoms with van der Waals surface area (Å²) in [4.78, 5) is 23.6. The fourth-order valence-electron chi connectivity index (χ4n) is 2.05. The summed E-state index contributed by atoms with van der Waals surface area (Å²) in [6.07, 6.45) is 1.74. The van der Waals surface area contributed by atoms with E-state index in [0.29, 0.717) is 0 Å². The molecule has 1 heterocycles. The topological polar surface area (TPSA) is 94.1 Å². The van der Waals surface area contributed by atoms with Gasteiger partial charge in [-0.3, -0.25) is 0 Å². The number of aliphatic hydroxyl groups excluding tert-OH is 1. The minimum atomic E-state index is -1.02. The van der Waals surface area contributed by atoms with E-state index in [1.165, 1.54) is 6.08 Å². The summed E-state index contributed by atoms with van der Waals surface area (Å²) in [6.45, 7) is 10.6. The molecule has 1 amide bonds. The van der Waals surface area contributed by atoms with Crippen LogP contribution in [-0.2, 0) is 19.0 Å². The first-order valence-corrected chi connectivity index (χ1v) is 7.90. The number of ether oxygens (including phenoxy) is 3. The molecule has 136 valence electrons. The minimum absolute atomic E-state index is 0.0628. The number of hydrogen-bond acceptors (Lipinski definition) is 6. The smallest absolute Gasteiger partial charge is 0.407 e. The zero-order valence-corrected chi connectivity index (χ0v) is 14.7. The Balaban J connectivity index is 2.54. The zero-order valence-electron chi connectivity index (χ0n) is 14.7. The van der Waals surface area contributed by atoms with E-state index >= 15 is 0 Å². The second-order valence-electron chi connectivity index (χ2n) is 6.63. The van der Waals surface area contributed by atoms with E-state index < -0.39 is 36.0 Å². The van der Waals surface area contributed by atoms with E-state index in [2.05, 4.69) is 11.9 Å². The van der Waals surface area contributed by atoms with Gasteiger partial charge < -0.3 is 24.6 Å². The third-order valence-electron chi connectivity index (χ3n) is 3.20. The van der Waals surface area contributed by atoms with Crippen LogP contribution in [0.3, 0.4) is 0 Å². The van der Waals surface area contributed by atoms with Gasteiger partial charge in [0.2, 0.25) is 0 Å². The van der Waals surface area contributed by atoms with Crippen LogP contribution in [0, 0.1) is 5.92 Å². The highest BCUT2D eigenvalue weighted by Gasteiger charge is 2.34. The lowest BCUT2D eigenvalue weighted by Gasteiger charge is -2.31. The Labute approximate surface area is 142 Å². The third kappa shape index (κ3) is 6.72. The number of carbonyl (C=O) groups excluding carboxylic acids is 2. The number of nitrogens with one attached hydrogen (secondary N) is 1. The van der Waals surface area contributed by atoms with Gasteiger partial charge in [-0.1, -0.05) is 31.7 Å². The van der Waals surface area contributed by atoms with Crippen molar-refractivity contribution in [1.82, 2.24) is 5.32 Å². The van der Waals surface area contributed by atoms with Crippen LogP contribution < -0.4 is 5.32 Å². The Morgan fingerprint density at radius 3 is 2.67 bits per heavy atom. The summed E-state index contributed by atoms with van der Waals surface area (Å²) in [5, 5.41) is 12.6. The Morgan fingerprint density at radius 1 is 1.42 bits per heavy atom. The molecule has 7 heteroatoms. The molecule has 0 fully saturated rings. The number of esters is 1. The van der Waals surface area contributed by atoms with Gasteiger partial charge in [-0.2, -0.15) is 0 Å². The van der Waals surface area contributed by atoms with Gasteiger partial charge >= 0.3 is 12.1 Å². The van der Waals surface area contributed by atoms with Crippen molar-refractivity contribution in [2.75, 3.05) is 13.2 Å². The molecule has 2 N–H and O–H groups in total. The number of aliphatic hydroxyl groups is 1. The molecular formula is C17H27NO6. The summed E-state index contributed by atoms with van der Waals surface area (Å²) >= 11 is 0. The lowest BCUT2D eigenvalue weighted by atomic mass is 9.98. The van der Waals surface area contributed by atoms with Crippen LogP contribution in [0.2, 0.25) is 0 Å². The van der Waals surface area contributed by atoms with Crippen molar-refractivity contribution >= 4 is 12.1 Å².